The van der Waals surface area contributed by atoms with Gasteiger partial charge in [0.15, 0.2) is 0 Å². The fraction of sp³-hybridized carbons (Fsp3) is 0.0952. The Balaban J connectivity index is 1.76. The zero-order valence-corrected chi connectivity index (χ0v) is 15.3. The molecule has 8 nitrogen and oxygen atoms in total. The van der Waals surface area contributed by atoms with Crippen LogP contribution in [-0.4, -0.2) is 38.9 Å². The number of para-hydroxylation sites is 1. The molecule has 0 saturated carbocycles. The van der Waals surface area contributed by atoms with E-state index in [1.807, 2.05) is 6.07 Å². The Morgan fingerprint density at radius 3 is 2.34 bits per heavy atom. The fourth-order valence-corrected chi connectivity index (χ4v) is 2.68. The Kier molecular flexibility index (Phi) is 6.26. The first kappa shape index (κ1) is 19.7. The lowest BCUT2D eigenvalue weighted by atomic mass is 10.1. The Morgan fingerprint density at radius 1 is 0.931 bits per heavy atom. The second-order valence-electron chi connectivity index (χ2n) is 6.14. The molecule has 3 N–H and O–H groups in total. The molecule has 1 heterocycles. The number of carbonyl (C=O) groups excluding carboxylic acids is 2. The second kappa shape index (κ2) is 9.23. The van der Waals surface area contributed by atoms with Gasteiger partial charge >= 0.3 is 5.97 Å². The van der Waals surface area contributed by atoms with Gasteiger partial charge in [0.1, 0.15) is 11.7 Å². The smallest absolute Gasteiger partial charge is 0.326 e. The number of nitrogens with zero attached hydrogens (tertiary/aromatic N) is 2. The Bertz CT molecular complexity index is 1010. The standard InChI is InChI=1S/C21H18N4O4/c26-19(25-17(21(28)29)12-14-6-2-1-3-7-14)15-8-4-5-9-16(15)24-20(27)18-13-22-10-11-23-18/h1-11,13,17H,12H2,(H,24,27)(H,25,26)(H,28,29). The lowest BCUT2D eigenvalue weighted by Crippen LogP contribution is -2.42. The van der Waals surface area contributed by atoms with E-state index < -0.39 is 23.8 Å². The van der Waals surface area contributed by atoms with Crippen LogP contribution in [0.3, 0.4) is 0 Å². The predicted octanol–water partition coefficient (Wildman–Crippen LogP) is 2.15. The summed E-state index contributed by atoms with van der Waals surface area (Å²) in [6.07, 6.45) is 4.26. The van der Waals surface area contributed by atoms with Gasteiger partial charge in [-0.15, -0.1) is 0 Å². The molecule has 29 heavy (non-hydrogen) atoms. The van der Waals surface area contributed by atoms with Gasteiger partial charge < -0.3 is 15.7 Å². The number of rotatable bonds is 7. The van der Waals surface area contributed by atoms with Crippen molar-refractivity contribution in [1.29, 1.82) is 0 Å². The summed E-state index contributed by atoms with van der Waals surface area (Å²) in [4.78, 5) is 44.4. The van der Waals surface area contributed by atoms with Crippen LogP contribution in [0.15, 0.2) is 73.2 Å². The van der Waals surface area contributed by atoms with Gasteiger partial charge in [0.25, 0.3) is 11.8 Å². The third-order valence-corrected chi connectivity index (χ3v) is 4.10. The predicted molar refractivity (Wildman–Crippen MR) is 105 cm³/mol. The van der Waals surface area contributed by atoms with Gasteiger partial charge in [-0.3, -0.25) is 14.6 Å². The first-order valence-electron chi connectivity index (χ1n) is 8.78. The van der Waals surface area contributed by atoms with Crippen molar-refractivity contribution in [3.05, 3.63) is 90.0 Å². The second-order valence-corrected chi connectivity index (χ2v) is 6.14. The van der Waals surface area contributed by atoms with Gasteiger partial charge in [-0.05, 0) is 17.7 Å². The van der Waals surface area contributed by atoms with Gasteiger partial charge in [-0.25, -0.2) is 9.78 Å². The van der Waals surface area contributed by atoms with Crippen molar-refractivity contribution in [1.82, 2.24) is 15.3 Å². The van der Waals surface area contributed by atoms with Crippen LogP contribution in [-0.2, 0) is 11.2 Å². The molecule has 1 unspecified atom stereocenters. The number of anilines is 1. The maximum Gasteiger partial charge on any atom is 0.326 e. The van der Waals surface area contributed by atoms with Gasteiger partial charge in [0.05, 0.1) is 17.4 Å². The summed E-state index contributed by atoms with van der Waals surface area (Å²) >= 11 is 0. The van der Waals surface area contributed by atoms with Crippen molar-refractivity contribution < 1.29 is 19.5 Å². The minimum atomic E-state index is -1.15. The molecule has 0 aliphatic rings. The van der Waals surface area contributed by atoms with Crippen LogP contribution in [0.4, 0.5) is 5.69 Å². The molecule has 3 aromatic rings. The topological polar surface area (TPSA) is 121 Å². The monoisotopic (exact) mass is 390 g/mol. The van der Waals surface area contributed by atoms with Crippen molar-refractivity contribution in [3.63, 3.8) is 0 Å². The normalized spacial score (nSPS) is 11.3. The zero-order valence-electron chi connectivity index (χ0n) is 15.3. The summed E-state index contributed by atoms with van der Waals surface area (Å²) in [6.45, 7) is 0. The zero-order chi connectivity index (χ0) is 20.6. The van der Waals surface area contributed by atoms with E-state index in [1.165, 1.54) is 24.7 Å². The third kappa shape index (κ3) is 5.23. The number of carboxylic acids is 1. The molecule has 1 aromatic heterocycles. The number of nitrogens with one attached hydrogen (secondary N) is 2. The van der Waals surface area contributed by atoms with Gasteiger partial charge in [-0.2, -0.15) is 0 Å². The van der Waals surface area contributed by atoms with Gasteiger partial charge in [0.2, 0.25) is 0 Å². The number of aliphatic carboxylic acids is 1. The lowest BCUT2D eigenvalue weighted by Gasteiger charge is -2.16. The van der Waals surface area contributed by atoms with Crippen LogP contribution in [0, 0.1) is 0 Å². The van der Waals surface area contributed by atoms with Gasteiger partial charge in [-0.1, -0.05) is 42.5 Å². The molecule has 0 radical (unpaired) electrons. The summed E-state index contributed by atoms with van der Waals surface area (Å²) in [7, 11) is 0. The molecule has 0 saturated heterocycles. The number of carbonyl (C=O) groups is 3. The van der Waals surface area contributed by atoms with Crippen molar-refractivity contribution in [2.75, 3.05) is 5.32 Å². The molecular weight excluding hydrogens is 372 g/mol. The quantitative estimate of drug-likeness (QED) is 0.568. The first-order valence-corrected chi connectivity index (χ1v) is 8.78. The molecule has 2 amide bonds. The molecule has 0 spiro atoms. The van der Waals surface area contributed by atoms with Crippen molar-refractivity contribution in [2.45, 2.75) is 12.5 Å². The highest BCUT2D eigenvalue weighted by atomic mass is 16.4. The van der Waals surface area contributed by atoms with Crippen molar-refractivity contribution in [3.8, 4) is 0 Å². The van der Waals surface area contributed by atoms with Crippen LogP contribution in [0.5, 0.6) is 0 Å². The summed E-state index contributed by atoms with van der Waals surface area (Å²) in [5, 5.41) is 14.6. The summed E-state index contributed by atoms with van der Waals surface area (Å²) in [6, 6.07) is 14.2. The van der Waals surface area contributed by atoms with Crippen molar-refractivity contribution in [2.24, 2.45) is 0 Å². The molecule has 1 atom stereocenters. The number of hydrogen-bond acceptors (Lipinski definition) is 5. The Morgan fingerprint density at radius 2 is 1.66 bits per heavy atom. The molecule has 0 bridgehead atoms. The Labute approximate surface area is 166 Å². The maximum absolute atomic E-state index is 12.7. The van der Waals surface area contributed by atoms with E-state index in [1.54, 1.807) is 42.5 Å². The number of carboxylic acid groups (broad SMARTS) is 1. The number of hydrogen-bond donors (Lipinski definition) is 3. The van der Waals surface area contributed by atoms with Crippen LogP contribution in [0.1, 0.15) is 26.4 Å². The van der Waals surface area contributed by atoms with Crippen LogP contribution in [0.2, 0.25) is 0 Å². The maximum atomic E-state index is 12.7. The minimum absolute atomic E-state index is 0.0928. The van der Waals surface area contributed by atoms with Crippen LogP contribution < -0.4 is 10.6 Å². The minimum Gasteiger partial charge on any atom is -0.480 e. The van der Waals surface area contributed by atoms with E-state index in [2.05, 4.69) is 20.6 Å². The molecule has 8 heteroatoms. The summed E-state index contributed by atoms with van der Waals surface area (Å²) < 4.78 is 0. The first-order chi connectivity index (χ1) is 14.0. The SMILES string of the molecule is O=C(Nc1ccccc1C(=O)NC(Cc1ccccc1)C(=O)O)c1cnccn1. The lowest BCUT2D eigenvalue weighted by molar-refractivity contribution is -0.139. The summed E-state index contributed by atoms with van der Waals surface area (Å²) in [5.41, 5.74) is 1.26. The highest BCUT2D eigenvalue weighted by Gasteiger charge is 2.23. The van der Waals surface area contributed by atoms with Crippen molar-refractivity contribution >= 4 is 23.5 Å². The molecule has 0 aliphatic carbocycles. The van der Waals surface area contributed by atoms with Crippen LogP contribution >= 0.6 is 0 Å². The fourth-order valence-electron chi connectivity index (χ4n) is 2.68. The number of aromatic nitrogens is 2. The average Bonchev–Trinajstić information content (AvgIpc) is 2.75. The number of amides is 2. The third-order valence-electron chi connectivity index (χ3n) is 4.10. The van der Waals surface area contributed by atoms with E-state index in [4.69, 9.17) is 0 Å². The largest absolute Gasteiger partial charge is 0.480 e. The average molecular weight is 390 g/mol. The van der Waals surface area contributed by atoms with E-state index in [9.17, 15) is 19.5 Å². The number of benzene rings is 2. The molecule has 2 aromatic carbocycles. The highest BCUT2D eigenvalue weighted by Crippen LogP contribution is 2.16. The molecular formula is C21H18N4O4. The van der Waals surface area contributed by atoms with E-state index in [-0.39, 0.29) is 23.4 Å². The highest BCUT2D eigenvalue weighted by molar-refractivity contribution is 6.08. The van der Waals surface area contributed by atoms with E-state index in [0.717, 1.165) is 5.56 Å². The van der Waals surface area contributed by atoms with Crippen LogP contribution in [0.25, 0.3) is 0 Å². The van der Waals surface area contributed by atoms with Gasteiger partial charge in [0, 0.05) is 18.8 Å². The molecule has 0 aliphatic heterocycles. The van der Waals surface area contributed by atoms with E-state index in [0.29, 0.717) is 0 Å². The Hall–Kier alpha value is -4.07. The molecule has 3 rings (SSSR count). The van der Waals surface area contributed by atoms with E-state index >= 15 is 0 Å². The summed E-state index contributed by atoms with van der Waals surface area (Å²) in [5.74, 6) is -2.29. The molecule has 0 fully saturated rings. The molecule has 146 valence electrons.